The summed E-state index contributed by atoms with van der Waals surface area (Å²) in [5, 5.41) is 0. The standard InChI is InChI=1S/C16H26N2/c1-13-9-7-8-12-15(13)16(18-17)14-10-5-3-2-4-6-11-14/h7-9,12,14,16,18H,2-6,10-11,17H2,1H3. The van der Waals surface area contributed by atoms with Crippen LogP contribution in [0.25, 0.3) is 0 Å². The minimum absolute atomic E-state index is 0.323. The molecule has 1 saturated carbocycles. The fourth-order valence-electron chi connectivity index (χ4n) is 3.24. The highest BCUT2D eigenvalue weighted by atomic mass is 15.2. The first kappa shape index (κ1) is 13.6. The van der Waals surface area contributed by atoms with Gasteiger partial charge in [0.15, 0.2) is 0 Å². The molecule has 1 aliphatic rings. The summed E-state index contributed by atoms with van der Waals surface area (Å²) in [6.45, 7) is 2.18. The summed E-state index contributed by atoms with van der Waals surface area (Å²) >= 11 is 0. The fraction of sp³-hybridized carbons (Fsp3) is 0.625. The van der Waals surface area contributed by atoms with E-state index in [-0.39, 0.29) is 0 Å². The summed E-state index contributed by atoms with van der Waals surface area (Å²) in [6, 6.07) is 8.95. The van der Waals surface area contributed by atoms with Gasteiger partial charge in [-0.3, -0.25) is 11.3 Å². The van der Waals surface area contributed by atoms with Crippen molar-refractivity contribution in [2.75, 3.05) is 0 Å². The van der Waals surface area contributed by atoms with Gasteiger partial charge >= 0.3 is 0 Å². The molecule has 1 fully saturated rings. The van der Waals surface area contributed by atoms with Crippen LogP contribution in [-0.2, 0) is 0 Å². The van der Waals surface area contributed by atoms with E-state index >= 15 is 0 Å². The number of nitrogens with one attached hydrogen (secondary N) is 1. The number of hydrazine groups is 1. The van der Waals surface area contributed by atoms with Crippen molar-refractivity contribution < 1.29 is 0 Å². The SMILES string of the molecule is Cc1ccccc1C(NN)C1CCCCCCC1. The van der Waals surface area contributed by atoms with Crippen molar-refractivity contribution in [3.05, 3.63) is 35.4 Å². The molecule has 0 aliphatic heterocycles. The number of rotatable bonds is 3. The fourth-order valence-corrected chi connectivity index (χ4v) is 3.24. The maximum absolute atomic E-state index is 5.84. The molecule has 1 aliphatic carbocycles. The van der Waals surface area contributed by atoms with Crippen molar-refractivity contribution in [3.8, 4) is 0 Å². The lowest BCUT2D eigenvalue weighted by molar-refractivity contribution is 0.290. The predicted octanol–water partition coefficient (Wildman–Crippen LogP) is 3.86. The molecule has 0 heterocycles. The lowest BCUT2D eigenvalue weighted by Crippen LogP contribution is -2.34. The van der Waals surface area contributed by atoms with Gasteiger partial charge in [-0.15, -0.1) is 0 Å². The molecule has 0 radical (unpaired) electrons. The first-order chi connectivity index (χ1) is 8.83. The van der Waals surface area contributed by atoms with Crippen LogP contribution in [0, 0.1) is 12.8 Å². The van der Waals surface area contributed by atoms with Crippen LogP contribution in [0.3, 0.4) is 0 Å². The third-order valence-electron chi connectivity index (χ3n) is 4.32. The Balaban J connectivity index is 2.13. The van der Waals surface area contributed by atoms with Crippen molar-refractivity contribution in [1.29, 1.82) is 0 Å². The van der Waals surface area contributed by atoms with E-state index in [4.69, 9.17) is 5.84 Å². The zero-order valence-electron chi connectivity index (χ0n) is 11.5. The monoisotopic (exact) mass is 246 g/mol. The van der Waals surface area contributed by atoms with Gasteiger partial charge in [0, 0.05) is 6.04 Å². The second kappa shape index (κ2) is 6.91. The number of benzene rings is 1. The highest BCUT2D eigenvalue weighted by molar-refractivity contribution is 5.29. The third-order valence-corrected chi connectivity index (χ3v) is 4.32. The molecule has 2 rings (SSSR count). The van der Waals surface area contributed by atoms with Crippen LogP contribution in [0.1, 0.15) is 62.1 Å². The Morgan fingerprint density at radius 3 is 2.28 bits per heavy atom. The molecule has 0 spiro atoms. The summed E-state index contributed by atoms with van der Waals surface area (Å²) in [5.41, 5.74) is 5.81. The Morgan fingerprint density at radius 2 is 1.67 bits per heavy atom. The topological polar surface area (TPSA) is 38.0 Å². The van der Waals surface area contributed by atoms with Gasteiger partial charge in [-0.2, -0.15) is 0 Å². The zero-order valence-corrected chi connectivity index (χ0v) is 11.5. The van der Waals surface area contributed by atoms with Crippen molar-refractivity contribution in [2.24, 2.45) is 11.8 Å². The van der Waals surface area contributed by atoms with Crippen LogP contribution in [-0.4, -0.2) is 0 Å². The molecule has 0 aromatic heterocycles. The minimum Gasteiger partial charge on any atom is -0.271 e. The Kier molecular flexibility index (Phi) is 5.21. The average Bonchev–Trinajstić information content (AvgIpc) is 2.34. The van der Waals surface area contributed by atoms with E-state index < -0.39 is 0 Å². The molecule has 1 atom stereocenters. The van der Waals surface area contributed by atoms with Crippen LogP contribution < -0.4 is 11.3 Å². The highest BCUT2D eigenvalue weighted by Crippen LogP contribution is 2.33. The molecule has 0 bridgehead atoms. The normalized spacial score (nSPS) is 20.1. The van der Waals surface area contributed by atoms with Gasteiger partial charge in [0.1, 0.15) is 0 Å². The van der Waals surface area contributed by atoms with E-state index in [1.54, 1.807) is 0 Å². The molecule has 0 amide bonds. The van der Waals surface area contributed by atoms with Gasteiger partial charge in [-0.25, -0.2) is 0 Å². The Bertz CT molecular complexity index is 354. The van der Waals surface area contributed by atoms with Gasteiger partial charge in [0.05, 0.1) is 0 Å². The Hall–Kier alpha value is -0.860. The van der Waals surface area contributed by atoms with Crippen molar-refractivity contribution in [1.82, 2.24) is 5.43 Å². The number of nitrogens with two attached hydrogens (primary N) is 1. The number of hydrogen-bond acceptors (Lipinski definition) is 2. The van der Waals surface area contributed by atoms with E-state index in [1.165, 1.54) is 56.1 Å². The molecule has 1 aromatic carbocycles. The average molecular weight is 246 g/mol. The van der Waals surface area contributed by atoms with E-state index in [0.717, 1.165) is 0 Å². The van der Waals surface area contributed by atoms with Crippen LogP contribution in [0.5, 0.6) is 0 Å². The molecule has 3 N–H and O–H groups in total. The van der Waals surface area contributed by atoms with Gasteiger partial charge in [0.2, 0.25) is 0 Å². The van der Waals surface area contributed by atoms with Gasteiger partial charge in [-0.1, -0.05) is 56.4 Å². The first-order valence-corrected chi connectivity index (χ1v) is 7.34. The quantitative estimate of drug-likeness (QED) is 0.628. The molecular formula is C16H26N2. The third kappa shape index (κ3) is 3.33. The molecule has 18 heavy (non-hydrogen) atoms. The van der Waals surface area contributed by atoms with Crippen LogP contribution >= 0.6 is 0 Å². The second-order valence-electron chi connectivity index (χ2n) is 5.61. The second-order valence-corrected chi connectivity index (χ2v) is 5.61. The van der Waals surface area contributed by atoms with Crippen molar-refractivity contribution >= 4 is 0 Å². The Morgan fingerprint density at radius 1 is 1.06 bits per heavy atom. The van der Waals surface area contributed by atoms with E-state index in [1.807, 2.05) is 0 Å². The van der Waals surface area contributed by atoms with Gasteiger partial charge < -0.3 is 0 Å². The van der Waals surface area contributed by atoms with Gasteiger partial charge in [-0.05, 0) is 36.8 Å². The number of hydrogen-bond donors (Lipinski definition) is 2. The summed E-state index contributed by atoms with van der Waals surface area (Å²) in [6.07, 6.45) is 9.52. The number of aryl methyl sites for hydroxylation is 1. The molecule has 2 heteroatoms. The lowest BCUT2D eigenvalue weighted by atomic mass is 9.82. The summed E-state index contributed by atoms with van der Waals surface area (Å²) in [4.78, 5) is 0. The van der Waals surface area contributed by atoms with E-state index in [0.29, 0.717) is 12.0 Å². The van der Waals surface area contributed by atoms with Crippen LogP contribution in [0.15, 0.2) is 24.3 Å². The molecular weight excluding hydrogens is 220 g/mol. The molecule has 0 saturated heterocycles. The minimum atomic E-state index is 0.323. The molecule has 100 valence electrons. The van der Waals surface area contributed by atoms with Crippen molar-refractivity contribution in [2.45, 2.75) is 57.9 Å². The summed E-state index contributed by atoms with van der Waals surface area (Å²) in [7, 11) is 0. The smallest absolute Gasteiger partial charge is 0.0490 e. The predicted molar refractivity (Wildman–Crippen MR) is 77.1 cm³/mol. The first-order valence-electron chi connectivity index (χ1n) is 7.34. The molecule has 1 unspecified atom stereocenters. The summed E-state index contributed by atoms with van der Waals surface area (Å²) < 4.78 is 0. The van der Waals surface area contributed by atoms with E-state index in [9.17, 15) is 0 Å². The Labute approximate surface area is 111 Å². The molecule has 1 aromatic rings. The zero-order chi connectivity index (χ0) is 12.8. The largest absolute Gasteiger partial charge is 0.271 e. The van der Waals surface area contributed by atoms with E-state index in [2.05, 4.69) is 36.6 Å². The molecule has 2 nitrogen and oxygen atoms in total. The highest BCUT2D eigenvalue weighted by Gasteiger charge is 2.23. The maximum atomic E-state index is 5.84. The van der Waals surface area contributed by atoms with Crippen LogP contribution in [0.4, 0.5) is 0 Å². The van der Waals surface area contributed by atoms with Crippen molar-refractivity contribution in [3.63, 3.8) is 0 Å². The van der Waals surface area contributed by atoms with Gasteiger partial charge in [0.25, 0.3) is 0 Å². The maximum Gasteiger partial charge on any atom is 0.0490 e. The summed E-state index contributed by atoms with van der Waals surface area (Å²) in [5.74, 6) is 6.54. The van der Waals surface area contributed by atoms with Crippen LogP contribution in [0.2, 0.25) is 0 Å². The lowest BCUT2D eigenvalue weighted by Gasteiger charge is -2.29.